The largest absolute Gasteiger partial charge is 0.380 e. The van der Waals surface area contributed by atoms with Crippen LogP contribution in [0.3, 0.4) is 0 Å². The molecule has 1 N–H and O–H groups in total. The Bertz CT molecular complexity index is 699. The summed E-state index contributed by atoms with van der Waals surface area (Å²) in [6, 6.07) is 8.15. The van der Waals surface area contributed by atoms with E-state index in [0.29, 0.717) is 12.0 Å². The van der Waals surface area contributed by atoms with Gasteiger partial charge in [0.2, 0.25) is 0 Å². The van der Waals surface area contributed by atoms with Gasteiger partial charge in [-0.1, -0.05) is 23.8 Å². The third kappa shape index (κ3) is 1.90. The first-order chi connectivity index (χ1) is 9.43. The van der Waals surface area contributed by atoms with Crippen molar-refractivity contribution in [3.8, 4) is 0 Å². The van der Waals surface area contributed by atoms with Gasteiger partial charge in [-0.05, 0) is 59.0 Å². The molecule has 0 spiro atoms. The van der Waals surface area contributed by atoms with Crippen molar-refractivity contribution in [3.63, 3.8) is 0 Å². The normalized spacial score (nSPS) is 21.1. The molecule has 0 amide bonds. The van der Waals surface area contributed by atoms with Gasteiger partial charge in [-0.15, -0.1) is 0 Å². The van der Waals surface area contributed by atoms with Crippen LogP contribution in [-0.4, -0.2) is 5.11 Å². The molecule has 2 aromatic rings. The highest BCUT2D eigenvalue weighted by atomic mass is 79.9. The fraction of sp³-hybridized carbons (Fsp3) is 0.250. The minimum atomic E-state index is -1.60. The number of fused-ring (bicyclic) bond motifs is 1. The molecule has 3 rings (SSSR count). The van der Waals surface area contributed by atoms with Crippen molar-refractivity contribution in [1.82, 2.24) is 0 Å². The third-order valence-electron chi connectivity index (χ3n) is 3.92. The highest BCUT2D eigenvalue weighted by Crippen LogP contribution is 2.45. The summed E-state index contributed by atoms with van der Waals surface area (Å²) in [6.07, 6.45) is 0.896. The average Bonchev–Trinajstić information content (AvgIpc) is 2.73. The maximum Gasteiger partial charge on any atom is 0.146 e. The first-order valence-electron chi connectivity index (χ1n) is 6.40. The van der Waals surface area contributed by atoms with Gasteiger partial charge in [-0.25, -0.2) is 8.78 Å². The van der Waals surface area contributed by atoms with E-state index < -0.39 is 17.2 Å². The number of aryl methyl sites for hydroxylation is 2. The number of benzene rings is 2. The molecule has 1 unspecified atom stereocenters. The Morgan fingerprint density at radius 3 is 2.70 bits per heavy atom. The summed E-state index contributed by atoms with van der Waals surface area (Å²) in [5, 5.41) is 10.9. The molecule has 1 nitrogen and oxygen atoms in total. The minimum Gasteiger partial charge on any atom is -0.380 e. The van der Waals surface area contributed by atoms with Gasteiger partial charge in [0, 0.05) is 0 Å². The van der Waals surface area contributed by atoms with Crippen molar-refractivity contribution < 1.29 is 13.9 Å². The molecule has 0 heterocycles. The summed E-state index contributed by atoms with van der Waals surface area (Å²) < 4.78 is 28.6. The lowest BCUT2D eigenvalue weighted by Gasteiger charge is -2.26. The average molecular weight is 339 g/mol. The van der Waals surface area contributed by atoms with Gasteiger partial charge in [0.05, 0.1) is 10.0 Å². The van der Waals surface area contributed by atoms with Gasteiger partial charge in [0.1, 0.15) is 17.2 Å². The van der Waals surface area contributed by atoms with Gasteiger partial charge in [-0.3, -0.25) is 0 Å². The van der Waals surface area contributed by atoms with Gasteiger partial charge < -0.3 is 5.11 Å². The monoisotopic (exact) mass is 338 g/mol. The number of halogens is 3. The second-order valence-electron chi connectivity index (χ2n) is 5.24. The summed E-state index contributed by atoms with van der Waals surface area (Å²) in [4.78, 5) is 0. The van der Waals surface area contributed by atoms with E-state index in [1.165, 1.54) is 12.1 Å². The van der Waals surface area contributed by atoms with Crippen molar-refractivity contribution in [3.05, 3.63) is 68.7 Å². The first kappa shape index (κ1) is 13.7. The molecular formula is C16H13BrF2O. The zero-order chi connectivity index (χ0) is 14.5. The number of aliphatic hydroxyl groups is 1. The Kier molecular flexibility index (Phi) is 3.18. The Morgan fingerprint density at radius 1 is 1.20 bits per heavy atom. The SMILES string of the molecule is Cc1ccc2c(c1)C(O)(c1c(F)ccc(Br)c1F)CC2. The lowest BCUT2D eigenvalue weighted by molar-refractivity contribution is 0.0744. The molecular weight excluding hydrogens is 326 g/mol. The Balaban J connectivity index is 2.27. The lowest BCUT2D eigenvalue weighted by atomic mass is 9.86. The topological polar surface area (TPSA) is 20.2 Å². The Morgan fingerprint density at radius 2 is 1.95 bits per heavy atom. The van der Waals surface area contributed by atoms with Gasteiger partial charge >= 0.3 is 0 Å². The van der Waals surface area contributed by atoms with Crippen LogP contribution in [0, 0.1) is 18.6 Å². The van der Waals surface area contributed by atoms with E-state index in [4.69, 9.17) is 0 Å². The van der Waals surface area contributed by atoms with E-state index in [0.717, 1.165) is 11.1 Å². The van der Waals surface area contributed by atoms with Crippen LogP contribution < -0.4 is 0 Å². The van der Waals surface area contributed by atoms with Crippen LogP contribution in [0.15, 0.2) is 34.8 Å². The molecule has 0 saturated heterocycles. The Hall–Kier alpha value is -1.26. The predicted molar refractivity (Wildman–Crippen MR) is 76.6 cm³/mol. The molecule has 1 atom stereocenters. The number of rotatable bonds is 1. The summed E-state index contributed by atoms with van der Waals surface area (Å²) in [5.41, 5.74) is 0.639. The van der Waals surface area contributed by atoms with E-state index in [1.54, 1.807) is 0 Å². The molecule has 4 heteroatoms. The summed E-state index contributed by atoms with van der Waals surface area (Å²) in [6.45, 7) is 1.90. The minimum absolute atomic E-state index is 0.156. The lowest BCUT2D eigenvalue weighted by Crippen LogP contribution is -2.27. The maximum atomic E-state index is 14.3. The first-order valence-corrected chi connectivity index (χ1v) is 7.19. The molecule has 1 aliphatic rings. The zero-order valence-corrected chi connectivity index (χ0v) is 12.5. The Labute approximate surface area is 124 Å². The number of hydrogen-bond donors (Lipinski definition) is 1. The maximum absolute atomic E-state index is 14.3. The van der Waals surface area contributed by atoms with E-state index >= 15 is 0 Å². The van der Waals surface area contributed by atoms with E-state index in [9.17, 15) is 13.9 Å². The fourth-order valence-electron chi connectivity index (χ4n) is 2.91. The summed E-state index contributed by atoms with van der Waals surface area (Å²) in [7, 11) is 0. The molecule has 1 aliphatic carbocycles. The molecule has 20 heavy (non-hydrogen) atoms. The summed E-state index contributed by atoms with van der Waals surface area (Å²) >= 11 is 3.05. The second kappa shape index (κ2) is 4.64. The molecule has 0 fully saturated rings. The molecule has 0 bridgehead atoms. The second-order valence-corrected chi connectivity index (χ2v) is 6.09. The van der Waals surface area contributed by atoms with Crippen LogP contribution in [0.2, 0.25) is 0 Å². The van der Waals surface area contributed by atoms with E-state index in [1.807, 2.05) is 25.1 Å². The van der Waals surface area contributed by atoms with Crippen molar-refractivity contribution in [2.75, 3.05) is 0 Å². The van der Waals surface area contributed by atoms with E-state index in [-0.39, 0.29) is 16.5 Å². The van der Waals surface area contributed by atoms with Crippen LogP contribution in [0.1, 0.15) is 28.7 Å². The smallest absolute Gasteiger partial charge is 0.146 e. The van der Waals surface area contributed by atoms with Crippen LogP contribution in [0.5, 0.6) is 0 Å². The van der Waals surface area contributed by atoms with Gasteiger partial charge in [0.25, 0.3) is 0 Å². The van der Waals surface area contributed by atoms with E-state index in [2.05, 4.69) is 15.9 Å². The third-order valence-corrected chi connectivity index (χ3v) is 4.54. The molecule has 0 aliphatic heterocycles. The quantitative estimate of drug-likeness (QED) is 0.772. The van der Waals surface area contributed by atoms with Gasteiger partial charge in [-0.2, -0.15) is 0 Å². The fourth-order valence-corrected chi connectivity index (χ4v) is 3.24. The predicted octanol–water partition coefficient (Wildman–Crippen LogP) is 4.22. The standard InChI is InChI=1S/C16H13BrF2O/c1-9-2-3-10-6-7-16(20,11(10)8-9)14-13(18)5-4-12(17)15(14)19/h2-5,8,20H,6-7H2,1H3. The van der Waals surface area contributed by atoms with Crippen LogP contribution in [0.4, 0.5) is 8.78 Å². The van der Waals surface area contributed by atoms with Crippen LogP contribution in [0.25, 0.3) is 0 Å². The van der Waals surface area contributed by atoms with Crippen molar-refractivity contribution in [2.24, 2.45) is 0 Å². The van der Waals surface area contributed by atoms with Crippen LogP contribution >= 0.6 is 15.9 Å². The van der Waals surface area contributed by atoms with Crippen molar-refractivity contribution in [1.29, 1.82) is 0 Å². The highest BCUT2D eigenvalue weighted by molar-refractivity contribution is 9.10. The molecule has 2 aromatic carbocycles. The van der Waals surface area contributed by atoms with Gasteiger partial charge in [0.15, 0.2) is 0 Å². The highest BCUT2D eigenvalue weighted by Gasteiger charge is 2.42. The zero-order valence-electron chi connectivity index (χ0n) is 10.9. The molecule has 0 radical (unpaired) electrons. The molecule has 104 valence electrons. The van der Waals surface area contributed by atoms with Crippen molar-refractivity contribution in [2.45, 2.75) is 25.4 Å². The molecule has 0 aromatic heterocycles. The van der Waals surface area contributed by atoms with Crippen LogP contribution in [-0.2, 0) is 12.0 Å². The van der Waals surface area contributed by atoms with Crippen molar-refractivity contribution >= 4 is 15.9 Å². The number of hydrogen-bond acceptors (Lipinski definition) is 1. The summed E-state index contributed by atoms with van der Waals surface area (Å²) in [5.74, 6) is -1.45. The molecule has 0 saturated carbocycles.